The number of benzene rings is 3. The second-order valence-electron chi connectivity index (χ2n) is 7.12. The Kier molecular flexibility index (Phi) is 6.75. The lowest BCUT2D eigenvalue weighted by atomic mass is 10.2. The van der Waals surface area contributed by atoms with Crippen LogP contribution in [0, 0.1) is 11.3 Å². The fourth-order valence-corrected chi connectivity index (χ4v) is 4.00. The first kappa shape index (κ1) is 23.8. The molecule has 7 nitrogen and oxygen atoms in total. The van der Waals surface area contributed by atoms with Gasteiger partial charge in [-0.3, -0.25) is 14.2 Å². The number of aromatic nitrogens is 2. The number of carbonyl (C=O) groups is 1. The van der Waals surface area contributed by atoms with Crippen molar-refractivity contribution in [3.8, 4) is 17.5 Å². The summed E-state index contributed by atoms with van der Waals surface area (Å²) in [5.74, 6) is -0.980. The van der Waals surface area contributed by atoms with Gasteiger partial charge in [0.05, 0.1) is 34.0 Å². The molecule has 0 unspecified atom stereocenters. The molecule has 0 spiro atoms. The minimum absolute atomic E-state index is 0.123. The van der Waals surface area contributed by atoms with Gasteiger partial charge in [0.15, 0.2) is 5.16 Å². The molecule has 0 bridgehead atoms. The van der Waals surface area contributed by atoms with Gasteiger partial charge in [0.1, 0.15) is 5.75 Å². The van der Waals surface area contributed by atoms with Crippen LogP contribution in [0.5, 0.6) is 5.75 Å². The molecule has 4 aromatic rings. The quantitative estimate of drug-likeness (QED) is 0.302. The molecule has 1 N–H and O–H groups in total. The van der Waals surface area contributed by atoms with E-state index in [1.807, 2.05) is 6.07 Å². The van der Waals surface area contributed by atoms with Gasteiger partial charge in [0, 0.05) is 5.69 Å². The maximum absolute atomic E-state index is 13.2. The summed E-state index contributed by atoms with van der Waals surface area (Å²) >= 11 is 1.02. The molecular formula is C24H15F3N4O3S. The van der Waals surface area contributed by atoms with Crippen LogP contribution in [0.2, 0.25) is 0 Å². The van der Waals surface area contributed by atoms with E-state index in [-0.39, 0.29) is 22.2 Å². The summed E-state index contributed by atoms with van der Waals surface area (Å²) in [5.41, 5.74) is 1.32. The van der Waals surface area contributed by atoms with E-state index in [0.29, 0.717) is 22.2 Å². The van der Waals surface area contributed by atoms with Gasteiger partial charge in [-0.2, -0.15) is 5.26 Å². The highest BCUT2D eigenvalue weighted by Gasteiger charge is 2.31. The van der Waals surface area contributed by atoms with Gasteiger partial charge in [0.25, 0.3) is 5.56 Å². The molecule has 4 rings (SSSR count). The number of rotatable bonds is 6. The van der Waals surface area contributed by atoms with Crippen LogP contribution in [0.3, 0.4) is 0 Å². The van der Waals surface area contributed by atoms with Gasteiger partial charge >= 0.3 is 6.36 Å². The van der Waals surface area contributed by atoms with Gasteiger partial charge in [-0.25, -0.2) is 4.98 Å². The summed E-state index contributed by atoms with van der Waals surface area (Å²) in [6.45, 7) is 0. The molecule has 11 heteroatoms. The van der Waals surface area contributed by atoms with Crippen LogP contribution in [0.4, 0.5) is 18.9 Å². The normalized spacial score (nSPS) is 11.1. The highest BCUT2D eigenvalue weighted by atomic mass is 32.2. The van der Waals surface area contributed by atoms with Crippen molar-refractivity contribution < 1.29 is 22.7 Å². The van der Waals surface area contributed by atoms with Crippen molar-refractivity contribution in [1.82, 2.24) is 9.55 Å². The Morgan fingerprint density at radius 3 is 2.40 bits per heavy atom. The predicted octanol–water partition coefficient (Wildman–Crippen LogP) is 4.89. The molecule has 0 aliphatic heterocycles. The summed E-state index contributed by atoms with van der Waals surface area (Å²) < 4.78 is 42.1. The van der Waals surface area contributed by atoms with Crippen molar-refractivity contribution in [1.29, 1.82) is 5.26 Å². The number of nitriles is 1. The molecule has 0 atom stereocenters. The Hall–Kier alpha value is -4.30. The number of hydrogen-bond donors (Lipinski definition) is 1. The molecule has 0 aliphatic rings. The number of fused-ring (bicyclic) bond motifs is 1. The van der Waals surface area contributed by atoms with Gasteiger partial charge < -0.3 is 10.1 Å². The Morgan fingerprint density at radius 2 is 1.74 bits per heavy atom. The molecule has 0 saturated carbocycles. The number of nitrogens with zero attached hydrogens (tertiary/aromatic N) is 3. The average Bonchev–Trinajstić information content (AvgIpc) is 2.83. The molecule has 176 valence electrons. The van der Waals surface area contributed by atoms with Crippen LogP contribution in [0.1, 0.15) is 5.56 Å². The third kappa shape index (κ3) is 5.80. The minimum Gasteiger partial charge on any atom is -0.406 e. The lowest BCUT2D eigenvalue weighted by molar-refractivity contribution is -0.274. The van der Waals surface area contributed by atoms with Gasteiger partial charge in [-0.05, 0) is 60.7 Å². The summed E-state index contributed by atoms with van der Waals surface area (Å²) in [6.07, 6.45) is -4.81. The van der Waals surface area contributed by atoms with Gasteiger partial charge in [0.2, 0.25) is 5.91 Å². The zero-order valence-corrected chi connectivity index (χ0v) is 18.6. The van der Waals surface area contributed by atoms with E-state index in [1.54, 1.807) is 48.5 Å². The van der Waals surface area contributed by atoms with Crippen LogP contribution in [-0.2, 0) is 4.79 Å². The van der Waals surface area contributed by atoms with Crippen LogP contribution >= 0.6 is 11.8 Å². The largest absolute Gasteiger partial charge is 0.573 e. The second-order valence-corrected chi connectivity index (χ2v) is 8.06. The fourth-order valence-electron chi connectivity index (χ4n) is 3.19. The number of thioether (sulfide) groups is 1. The Morgan fingerprint density at radius 1 is 1.06 bits per heavy atom. The second kappa shape index (κ2) is 9.90. The number of para-hydroxylation sites is 1. The number of nitrogens with one attached hydrogen (secondary N) is 1. The molecule has 0 fully saturated rings. The Bertz CT molecular complexity index is 1480. The highest BCUT2D eigenvalue weighted by molar-refractivity contribution is 7.99. The molecule has 35 heavy (non-hydrogen) atoms. The zero-order chi connectivity index (χ0) is 25.0. The third-order valence-corrected chi connectivity index (χ3v) is 5.64. The first-order valence-electron chi connectivity index (χ1n) is 10.0. The monoisotopic (exact) mass is 496 g/mol. The van der Waals surface area contributed by atoms with E-state index in [4.69, 9.17) is 5.26 Å². The standard InChI is InChI=1S/C24H15F3N4O3S/c25-24(26,27)34-18-11-7-16(8-12-18)29-21(32)14-35-23-30-20-4-2-1-3-19(20)22(33)31(23)17-9-5-15(13-28)6-10-17/h1-12H,14H2,(H,29,32). The fraction of sp³-hybridized carbons (Fsp3) is 0.0833. The van der Waals surface area contributed by atoms with Crippen LogP contribution in [-0.4, -0.2) is 27.6 Å². The molecule has 3 aromatic carbocycles. The van der Waals surface area contributed by atoms with E-state index in [2.05, 4.69) is 15.0 Å². The first-order valence-corrected chi connectivity index (χ1v) is 11.0. The maximum Gasteiger partial charge on any atom is 0.573 e. The summed E-state index contributed by atoms with van der Waals surface area (Å²) in [4.78, 5) is 30.2. The van der Waals surface area contributed by atoms with E-state index >= 15 is 0 Å². The van der Waals surface area contributed by atoms with E-state index < -0.39 is 18.0 Å². The first-order chi connectivity index (χ1) is 16.7. The molecule has 0 radical (unpaired) electrons. The smallest absolute Gasteiger partial charge is 0.406 e. The Labute approximate surface area is 200 Å². The molecule has 1 amide bonds. The SMILES string of the molecule is N#Cc1ccc(-n2c(SCC(=O)Nc3ccc(OC(F)(F)F)cc3)nc3ccccc3c2=O)cc1. The maximum atomic E-state index is 13.2. The summed E-state index contributed by atoms with van der Waals surface area (Å²) in [7, 11) is 0. The minimum atomic E-state index is -4.81. The Balaban J connectivity index is 1.56. The number of halogens is 3. The number of hydrogen-bond acceptors (Lipinski definition) is 6. The zero-order valence-electron chi connectivity index (χ0n) is 17.7. The van der Waals surface area contributed by atoms with Crippen molar-refractivity contribution >= 4 is 34.3 Å². The van der Waals surface area contributed by atoms with Crippen molar-refractivity contribution in [2.24, 2.45) is 0 Å². The number of amides is 1. The average molecular weight is 496 g/mol. The summed E-state index contributed by atoms with van der Waals surface area (Å²) in [5, 5.41) is 12.3. The number of ether oxygens (including phenoxy) is 1. The van der Waals surface area contributed by atoms with Crippen LogP contribution < -0.4 is 15.6 Å². The molecule has 0 aliphatic carbocycles. The van der Waals surface area contributed by atoms with Crippen LogP contribution in [0.15, 0.2) is 82.7 Å². The topological polar surface area (TPSA) is 97.0 Å². The van der Waals surface area contributed by atoms with E-state index in [9.17, 15) is 22.8 Å². The predicted molar refractivity (Wildman–Crippen MR) is 125 cm³/mol. The number of alkyl halides is 3. The lowest BCUT2D eigenvalue weighted by Crippen LogP contribution is -2.23. The summed E-state index contributed by atoms with van der Waals surface area (Å²) in [6, 6.07) is 19.9. The number of anilines is 1. The third-order valence-electron chi connectivity index (χ3n) is 4.70. The van der Waals surface area contributed by atoms with Gasteiger partial charge in [-0.15, -0.1) is 13.2 Å². The van der Waals surface area contributed by atoms with Gasteiger partial charge in [-0.1, -0.05) is 23.9 Å². The van der Waals surface area contributed by atoms with Crippen molar-refractivity contribution in [3.05, 3.63) is 88.7 Å². The lowest BCUT2D eigenvalue weighted by Gasteiger charge is -2.13. The van der Waals surface area contributed by atoms with Crippen molar-refractivity contribution in [2.75, 3.05) is 11.1 Å². The molecular weight excluding hydrogens is 481 g/mol. The highest BCUT2D eigenvalue weighted by Crippen LogP contribution is 2.25. The van der Waals surface area contributed by atoms with Crippen molar-refractivity contribution in [2.45, 2.75) is 11.5 Å². The molecule has 0 saturated heterocycles. The van der Waals surface area contributed by atoms with Crippen LogP contribution in [0.25, 0.3) is 16.6 Å². The molecule has 1 heterocycles. The van der Waals surface area contributed by atoms with Crippen molar-refractivity contribution in [3.63, 3.8) is 0 Å². The number of carbonyl (C=O) groups excluding carboxylic acids is 1. The molecule has 1 aromatic heterocycles. The van der Waals surface area contributed by atoms with E-state index in [0.717, 1.165) is 23.9 Å². The van der Waals surface area contributed by atoms with E-state index in [1.165, 1.54) is 16.7 Å².